The maximum absolute atomic E-state index is 13.5. The minimum atomic E-state index is -1.49. The quantitative estimate of drug-likeness (QED) is 0.265. The monoisotopic (exact) mass is 508 g/mol. The SMILES string of the molecule is O=C(CC(NC(=O)OCc1ccccc1)C(=O)O)NC(c1ccccc1)(c1ccccc1)c1ccccc1. The molecule has 0 aliphatic heterocycles. The number of carbonyl (C=O) groups excluding carboxylic acids is 2. The number of carboxylic acids is 1. The fourth-order valence-electron chi connectivity index (χ4n) is 4.33. The standard InChI is InChI=1S/C31H28N2O5/c34-28(21-27(29(35)36)32-30(37)38-22-23-13-5-1-6-14-23)33-31(24-15-7-2-8-16-24,25-17-9-3-10-18-25)26-19-11-4-12-20-26/h1-20,27H,21-22H2,(H,32,37)(H,33,34)(H,35,36). The number of amides is 2. The number of benzene rings is 4. The Morgan fingerprint density at radius 2 is 1.11 bits per heavy atom. The molecule has 4 aromatic carbocycles. The van der Waals surface area contributed by atoms with Crippen LogP contribution in [0.25, 0.3) is 0 Å². The van der Waals surface area contributed by atoms with Crippen molar-refractivity contribution in [2.24, 2.45) is 0 Å². The molecule has 7 nitrogen and oxygen atoms in total. The Morgan fingerprint density at radius 1 is 0.684 bits per heavy atom. The Balaban J connectivity index is 1.59. The van der Waals surface area contributed by atoms with E-state index in [1.54, 1.807) is 24.3 Å². The highest BCUT2D eigenvalue weighted by atomic mass is 16.5. The predicted molar refractivity (Wildman–Crippen MR) is 143 cm³/mol. The molecule has 7 heteroatoms. The van der Waals surface area contributed by atoms with Crippen LogP contribution in [0, 0.1) is 0 Å². The zero-order valence-electron chi connectivity index (χ0n) is 20.6. The molecule has 192 valence electrons. The van der Waals surface area contributed by atoms with Gasteiger partial charge in [0.25, 0.3) is 0 Å². The van der Waals surface area contributed by atoms with E-state index in [4.69, 9.17) is 4.74 Å². The van der Waals surface area contributed by atoms with Crippen LogP contribution >= 0.6 is 0 Å². The van der Waals surface area contributed by atoms with Gasteiger partial charge in [-0.25, -0.2) is 9.59 Å². The highest BCUT2D eigenvalue weighted by Crippen LogP contribution is 2.36. The van der Waals surface area contributed by atoms with Crippen molar-refractivity contribution in [3.05, 3.63) is 144 Å². The number of ether oxygens (including phenoxy) is 1. The van der Waals surface area contributed by atoms with Gasteiger partial charge in [0.15, 0.2) is 0 Å². The Bertz CT molecular complexity index is 1250. The van der Waals surface area contributed by atoms with Crippen molar-refractivity contribution in [1.29, 1.82) is 0 Å². The van der Waals surface area contributed by atoms with E-state index in [2.05, 4.69) is 10.6 Å². The summed E-state index contributed by atoms with van der Waals surface area (Å²) in [6.07, 6.45) is -1.42. The van der Waals surface area contributed by atoms with Gasteiger partial charge in [-0.3, -0.25) is 4.79 Å². The molecule has 0 aromatic heterocycles. The molecule has 0 bridgehead atoms. The van der Waals surface area contributed by atoms with Crippen LogP contribution in [0.4, 0.5) is 4.79 Å². The van der Waals surface area contributed by atoms with Crippen molar-refractivity contribution >= 4 is 18.0 Å². The second-order valence-electron chi connectivity index (χ2n) is 8.70. The first-order chi connectivity index (χ1) is 18.5. The fourth-order valence-corrected chi connectivity index (χ4v) is 4.33. The van der Waals surface area contributed by atoms with Crippen LogP contribution in [-0.2, 0) is 26.5 Å². The van der Waals surface area contributed by atoms with Gasteiger partial charge in [0.2, 0.25) is 5.91 Å². The normalized spacial score (nSPS) is 11.7. The summed E-state index contributed by atoms with van der Waals surface area (Å²) in [5.74, 6) is -1.90. The van der Waals surface area contributed by atoms with Gasteiger partial charge in [0.05, 0.1) is 6.42 Å². The number of alkyl carbamates (subject to hydrolysis) is 1. The highest BCUT2D eigenvalue weighted by Gasteiger charge is 2.38. The third-order valence-electron chi connectivity index (χ3n) is 6.14. The van der Waals surface area contributed by atoms with E-state index in [1.165, 1.54) is 0 Å². The topological polar surface area (TPSA) is 105 Å². The average Bonchev–Trinajstić information content (AvgIpc) is 2.96. The maximum atomic E-state index is 13.5. The molecule has 4 aromatic rings. The van der Waals surface area contributed by atoms with E-state index in [9.17, 15) is 19.5 Å². The van der Waals surface area contributed by atoms with Crippen LogP contribution in [0.15, 0.2) is 121 Å². The van der Waals surface area contributed by atoms with Crippen molar-refractivity contribution in [1.82, 2.24) is 10.6 Å². The fraction of sp³-hybridized carbons (Fsp3) is 0.129. The van der Waals surface area contributed by atoms with E-state index >= 15 is 0 Å². The van der Waals surface area contributed by atoms with Crippen molar-refractivity contribution in [3.8, 4) is 0 Å². The average molecular weight is 509 g/mol. The molecule has 0 heterocycles. The number of carboxylic acid groups (broad SMARTS) is 1. The third-order valence-corrected chi connectivity index (χ3v) is 6.14. The summed E-state index contributed by atoms with van der Waals surface area (Å²) in [6.45, 7) is -0.0235. The molecule has 3 N–H and O–H groups in total. The molecule has 38 heavy (non-hydrogen) atoms. The number of aliphatic carboxylic acids is 1. The van der Waals surface area contributed by atoms with Crippen LogP contribution < -0.4 is 10.6 Å². The Kier molecular flexibility index (Phi) is 8.51. The summed E-state index contributed by atoms with van der Waals surface area (Å²) in [4.78, 5) is 37.8. The summed E-state index contributed by atoms with van der Waals surface area (Å²) >= 11 is 0. The third kappa shape index (κ3) is 6.25. The molecule has 1 unspecified atom stereocenters. The zero-order valence-corrected chi connectivity index (χ0v) is 20.6. The molecular formula is C31H28N2O5. The molecule has 0 saturated carbocycles. The van der Waals surface area contributed by atoms with Crippen molar-refractivity contribution < 1.29 is 24.2 Å². The first kappa shape index (κ1) is 26.2. The maximum Gasteiger partial charge on any atom is 0.408 e. The highest BCUT2D eigenvalue weighted by molar-refractivity contribution is 5.88. The number of rotatable bonds is 10. The molecule has 0 spiro atoms. The number of hydrogen-bond acceptors (Lipinski definition) is 4. The molecule has 0 fully saturated rings. The van der Waals surface area contributed by atoms with Crippen LogP contribution in [0.3, 0.4) is 0 Å². The number of nitrogens with one attached hydrogen (secondary N) is 2. The van der Waals surface area contributed by atoms with Gasteiger partial charge in [-0.2, -0.15) is 0 Å². The lowest BCUT2D eigenvalue weighted by atomic mass is 9.77. The molecule has 0 radical (unpaired) electrons. The van der Waals surface area contributed by atoms with Gasteiger partial charge in [-0.15, -0.1) is 0 Å². The van der Waals surface area contributed by atoms with E-state index in [0.29, 0.717) is 0 Å². The molecule has 1 atom stereocenters. The molecule has 0 saturated heterocycles. The van der Waals surface area contributed by atoms with Crippen molar-refractivity contribution in [2.45, 2.75) is 24.6 Å². The minimum Gasteiger partial charge on any atom is -0.480 e. The molecule has 0 aliphatic rings. The summed E-state index contributed by atoms with van der Waals surface area (Å²) in [5.41, 5.74) is 2.05. The number of carbonyl (C=O) groups is 3. The first-order valence-electron chi connectivity index (χ1n) is 12.2. The molecule has 2 amide bonds. The van der Waals surface area contributed by atoms with Gasteiger partial charge < -0.3 is 20.5 Å². The zero-order chi connectivity index (χ0) is 26.8. The lowest BCUT2D eigenvalue weighted by molar-refractivity contribution is -0.141. The van der Waals surface area contributed by atoms with Crippen LogP contribution in [0.2, 0.25) is 0 Å². The second kappa shape index (κ2) is 12.4. The summed E-state index contributed by atoms with van der Waals surface area (Å²) in [7, 11) is 0. The Labute approximate surface area is 221 Å². The Hall–Kier alpha value is -4.91. The molecule has 4 rings (SSSR count). The van der Waals surface area contributed by atoms with E-state index in [0.717, 1.165) is 22.3 Å². The first-order valence-corrected chi connectivity index (χ1v) is 12.2. The van der Waals surface area contributed by atoms with Gasteiger partial charge in [-0.05, 0) is 22.3 Å². The second-order valence-corrected chi connectivity index (χ2v) is 8.70. The van der Waals surface area contributed by atoms with Crippen molar-refractivity contribution in [2.75, 3.05) is 0 Å². The van der Waals surface area contributed by atoms with E-state index < -0.39 is 36.0 Å². The lowest BCUT2D eigenvalue weighted by Crippen LogP contribution is -2.51. The van der Waals surface area contributed by atoms with Crippen LogP contribution in [0.1, 0.15) is 28.7 Å². The lowest BCUT2D eigenvalue weighted by Gasteiger charge is -2.37. The van der Waals surface area contributed by atoms with E-state index in [1.807, 2.05) is 97.1 Å². The van der Waals surface area contributed by atoms with Crippen LogP contribution in [0.5, 0.6) is 0 Å². The smallest absolute Gasteiger partial charge is 0.408 e. The van der Waals surface area contributed by atoms with Crippen molar-refractivity contribution in [3.63, 3.8) is 0 Å². The van der Waals surface area contributed by atoms with Gasteiger partial charge >= 0.3 is 12.1 Å². The Morgan fingerprint density at radius 3 is 1.53 bits per heavy atom. The summed E-state index contributed by atoms with van der Waals surface area (Å²) in [6, 6.07) is 35.9. The number of hydrogen-bond donors (Lipinski definition) is 3. The minimum absolute atomic E-state index is 0.0235. The van der Waals surface area contributed by atoms with Gasteiger partial charge in [0.1, 0.15) is 18.2 Å². The van der Waals surface area contributed by atoms with Gasteiger partial charge in [0, 0.05) is 0 Å². The summed E-state index contributed by atoms with van der Waals surface area (Å²) < 4.78 is 5.15. The summed E-state index contributed by atoms with van der Waals surface area (Å²) in [5, 5.41) is 15.2. The molecule has 0 aliphatic carbocycles. The largest absolute Gasteiger partial charge is 0.480 e. The molecular weight excluding hydrogens is 480 g/mol. The van der Waals surface area contributed by atoms with Crippen LogP contribution in [-0.4, -0.2) is 29.1 Å². The predicted octanol–water partition coefficient (Wildman–Crippen LogP) is 4.86. The van der Waals surface area contributed by atoms with Gasteiger partial charge in [-0.1, -0.05) is 121 Å². The van der Waals surface area contributed by atoms with E-state index in [-0.39, 0.29) is 6.61 Å².